The first-order chi connectivity index (χ1) is 9.04. The number of nitrogens with zero attached hydrogens (tertiary/aromatic N) is 1. The van der Waals surface area contributed by atoms with E-state index in [2.05, 4.69) is 0 Å². The predicted octanol–water partition coefficient (Wildman–Crippen LogP) is 3.38. The summed E-state index contributed by atoms with van der Waals surface area (Å²) in [6, 6.07) is 3.99. The van der Waals surface area contributed by atoms with E-state index in [1.807, 2.05) is 6.92 Å². The number of carbonyl (C=O) groups is 1. The lowest BCUT2D eigenvalue weighted by atomic mass is 10.1. The van der Waals surface area contributed by atoms with Crippen molar-refractivity contribution >= 4 is 22.6 Å². The molecule has 0 spiro atoms. The van der Waals surface area contributed by atoms with Crippen molar-refractivity contribution in [3.05, 3.63) is 39.6 Å². The van der Waals surface area contributed by atoms with Crippen molar-refractivity contribution in [3.63, 3.8) is 0 Å². The quantitative estimate of drug-likeness (QED) is 0.659. The molecule has 0 unspecified atom stereocenters. The van der Waals surface area contributed by atoms with Crippen LogP contribution in [0.4, 0.5) is 5.69 Å². The highest BCUT2D eigenvalue weighted by Gasteiger charge is 2.21. The minimum absolute atomic E-state index is 0.0344. The first-order valence-corrected chi connectivity index (χ1v) is 5.97. The molecule has 1 heterocycles. The van der Waals surface area contributed by atoms with Crippen LogP contribution in [0.3, 0.4) is 0 Å². The first-order valence-electron chi connectivity index (χ1n) is 5.97. The van der Waals surface area contributed by atoms with Gasteiger partial charge >= 0.3 is 5.97 Å². The number of nitro benzene ring substituents is 1. The number of carboxylic acids is 1. The number of aromatic carboxylic acids is 1. The number of hydrogen-bond donors (Lipinski definition) is 1. The lowest BCUT2D eigenvalue weighted by molar-refractivity contribution is -0.384. The molecule has 0 saturated carbocycles. The summed E-state index contributed by atoms with van der Waals surface area (Å²) in [6.07, 6.45) is 2.24. The maximum atomic E-state index is 11.3. The predicted molar refractivity (Wildman–Crippen MR) is 68.4 cm³/mol. The normalized spacial score (nSPS) is 10.8. The molecule has 6 nitrogen and oxygen atoms in total. The molecule has 19 heavy (non-hydrogen) atoms. The third-order valence-electron chi connectivity index (χ3n) is 2.93. The summed E-state index contributed by atoms with van der Waals surface area (Å²) >= 11 is 0. The Labute approximate surface area is 108 Å². The van der Waals surface area contributed by atoms with E-state index in [1.54, 1.807) is 0 Å². The number of hydrogen-bond acceptors (Lipinski definition) is 4. The highest BCUT2D eigenvalue weighted by molar-refractivity contribution is 6.04. The summed E-state index contributed by atoms with van der Waals surface area (Å²) in [6.45, 7) is 1.99. The second-order valence-corrected chi connectivity index (χ2v) is 4.25. The van der Waals surface area contributed by atoms with E-state index >= 15 is 0 Å². The number of non-ortho nitro benzene ring substituents is 1. The third kappa shape index (κ3) is 2.42. The van der Waals surface area contributed by atoms with Crippen LogP contribution in [0, 0.1) is 10.1 Å². The van der Waals surface area contributed by atoms with Gasteiger partial charge in [0, 0.05) is 23.9 Å². The van der Waals surface area contributed by atoms with Crippen molar-refractivity contribution in [3.8, 4) is 0 Å². The van der Waals surface area contributed by atoms with Crippen LogP contribution in [0.25, 0.3) is 11.0 Å². The maximum Gasteiger partial charge on any atom is 0.339 e. The Morgan fingerprint density at radius 1 is 1.47 bits per heavy atom. The minimum atomic E-state index is -1.12. The Morgan fingerprint density at radius 2 is 2.21 bits per heavy atom. The lowest BCUT2D eigenvalue weighted by Crippen LogP contribution is -2.00. The van der Waals surface area contributed by atoms with Gasteiger partial charge in [0.2, 0.25) is 0 Å². The largest absolute Gasteiger partial charge is 0.478 e. The van der Waals surface area contributed by atoms with Crippen LogP contribution in [0.1, 0.15) is 35.9 Å². The molecular weight excluding hydrogens is 250 g/mol. The number of unbranched alkanes of at least 4 members (excludes halogenated alkanes) is 1. The minimum Gasteiger partial charge on any atom is -0.478 e. The van der Waals surface area contributed by atoms with Crippen molar-refractivity contribution in [2.75, 3.05) is 0 Å². The average Bonchev–Trinajstić information content (AvgIpc) is 2.73. The van der Waals surface area contributed by atoms with Crippen molar-refractivity contribution in [2.45, 2.75) is 26.2 Å². The molecule has 0 aliphatic rings. The number of furan rings is 1. The van der Waals surface area contributed by atoms with Gasteiger partial charge in [-0.05, 0) is 12.5 Å². The number of rotatable bonds is 5. The number of aryl methyl sites for hydroxylation is 1. The van der Waals surface area contributed by atoms with Crippen LogP contribution in [0.2, 0.25) is 0 Å². The van der Waals surface area contributed by atoms with E-state index in [-0.39, 0.29) is 16.6 Å². The van der Waals surface area contributed by atoms with Gasteiger partial charge in [-0.25, -0.2) is 4.79 Å². The molecule has 6 heteroatoms. The zero-order valence-electron chi connectivity index (χ0n) is 10.4. The number of carboxylic acid groups (broad SMARTS) is 1. The molecule has 0 bridgehead atoms. The first kappa shape index (κ1) is 13.1. The molecule has 0 aliphatic heterocycles. The fourth-order valence-corrected chi connectivity index (χ4v) is 2.00. The molecule has 0 amide bonds. The molecule has 1 aromatic heterocycles. The second-order valence-electron chi connectivity index (χ2n) is 4.25. The summed E-state index contributed by atoms with van der Waals surface area (Å²) < 4.78 is 5.49. The SMILES string of the molecule is CCCCc1oc2ccc([N+](=O)[O-])cc2c1C(=O)O. The van der Waals surface area contributed by atoms with Crippen molar-refractivity contribution in [2.24, 2.45) is 0 Å². The van der Waals surface area contributed by atoms with Crippen molar-refractivity contribution in [1.82, 2.24) is 0 Å². The van der Waals surface area contributed by atoms with E-state index < -0.39 is 10.9 Å². The maximum absolute atomic E-state index is 11.3. The molecule has 1 aromatic carbocycles. The fraction of sp³-hybridized carbons (Fsp3) is 0.308. The van der Waals surface area contributed by atoms with E-state index in [0.29, 0.717) is 17.8 Å². The van der Waals surface area contributed by atoms with Crippen LogP contribution in [-0.2, 0) is 6.42 Å². The van der Waals surface area contributed by atoms with Crippen LogP contribution in [0.5, 0.6) is 0 Å². The highest BCUT2D eigenvalue weighted by atomic mass is 16.6. The Hall–Kier alpha value is -2.37. The zero-order chi connectivity index (χ0) is 14.0. The molecule has 0 fully saturated rings. The highest BCUT2D eigenvalue weighted by Crippen LogP contribution is 2.30. The average molecular weight is 263 g/mol. The van der Waals surface area contributed by atoms with Crippen LogP contribution in [0.15, 0.2) is 22.6 Å². The Bertz CT molecular complexity index is 644. The van der Waals surface area contributed by atoms with Gasteiger partial charge in [-0.1, -0.05) is 13.3 Å². The number of nitro groups is 1. The molecule has 2 aromatic rings. The molecular formula is C13H13NO5. The monoisotopic (exact) mass is 263 g/mol. The third-order valence-corrected chi connectivity index (χ3v) is 2.93. The topological polar surface area (TPSA) is 93.6 Å². The Balaban J connectivity index is 2.61. The fourth-order valence-electron chi connectivity index (χ4n) is 2.00. The van der Waals surface area contributed by atoms with Gasteiger partial charge in [-0.15, -0.1) is 0 Å². The van der Waals surface area contributed by atoms with E-state index in [4.69, 9.17) is 4.42 Å². The van der Waals surface area contributed by atoms with Gasteiger partial charge in [0.05, 0.1) is 4.92 Å². The molecule has 1 N–H and O–H groups in total. The van der Waals surface area contributed by atoms with E-state index in [9.17, 15) is 20.0 Å². The van der Waals surface area contributed by atoms with Gasteiger partial charge in [-0.3, -0.25) is 10.1 Å². The van der Waals surface area contributed by atoms with Gasteiger partial charge in [0.25, 0.3) is 5.69 Å². The summed E-state index contributed by atoms with van der Waals surface area (Å²) in [4.78, 5) is 21.5. The van der Waals surface area contributed by atoms with Gasteiger partial charge in [0.15, 0.2) is 0 Å². The standard InChI is InChI=1S/C13H13NO5/c1-2-3-4-11-12(13(15)16)9-7-8(14(17)18)5-6-10(9)19-11/h5-7H,2-4H2,1H3,(H,15,16). The van der Waals surface area contributed by atoms with E-state index in [1.165, 1.54) is 18.2 Å². The molecule has 100 valence electrons. The number of benzene rings is 1. The second kappa shape index (κ2) is 5.09. The molecule has 0 radical (unpaired) electrons. The lowest BCUT2D eigenvalue weighted by Gasteiger charge is -1.96. The molecule has 0 saturated heterocycles. The van der Waals surface area contributed by atoms with E-state index in [0.717, 1.165) is 12.8 Å². The summed E-state index contributed by atoms with van der Waals surface area (Å²) in [5, 5.41) is 20.3. The van der Waals surface area contributed by atoms with Gasteiger partial charge in [0.1, 0.15) is 16.9 Å². The molecule has 0 atom stereocenters. The van der Waals surface area contributed by atoms with Crippen molar-refractivity contribution in [1.29, 1.82) is 0 Å². The van der Waals surface area contributed by atoms with Crippen LogP contribution in [-0.4, -0.2) is 16.0 Å². The van der Waals surface area contributed by atoms with Gasteiger partial charge in [-0.2, -0.15) is 0 Å². The molecule has 2 rings (SSSR count). The van der Waals surface area contributed by atoms with Gasteiger partial charge < -0.3 is 9.52 Å². The van der Waals surface area contributed by atoms with Crippen LogP contribution < -0.4 is 0 Å². The Kier molecular flexibility index (Phi) is 3.50. The van der Waals surface area contributed by atoms with Crippen LogP contribution >= 0.6 is 0 Å². The van der Waals surface area contributed by atoms with Crippen molar-refractivity contribution < 1.29 is 19.2 Å². The number of fused-ring (bicyclic) bond motifs is 1. The molecule has 0 aliphatic carbocycles. The zero-order valence-corrected chi connectivity index (χ0v) is 10.4. The summed E-state index contributed by atoms with van der Waals surface area (Å²) in [7, 11) is 0. The summed E-state index contributed by atoms with van der Waals surface area (Å²) in [5.41, 5.74) is 0.263. The summed E-state index contributed by atoms with van der Waals surface area (Å²) in [5.74, 6) is -0.741. The smallest absolute Gasteiger partial charge is 0.339 e. The Morgan fingerprint density at radius 3 is 2.79 bits per heavy atom.